The Balaban J connectivity index is 2.06. The highest BCUT2D eigenvalue weighted by Gasteiger charge is 2.54. The molecule has 0 aromatic heterocycles. The third kappa shape index (κ3) is 2.43. The third-order valence-electron chi connectivity index (χ3n) is 4.92. The van der Waals surface area contributed by atoms with Crippen molar-refractivity contribution < 1.29 is 19.4 Å². The first-order valence-corrected chi connectivity index (χ1v) is 8.70. The fourth-order valence-electron chi connectivity index (χ4n) is 3.53. The lowest BCUT2D eigenvalue weighted by Gasteiger charge is -2.21. The lowest BCUT2D eigenvalue weighted by atomic mass is 9.87. The number of fused-ring (bicyclic) bond motifs is 3. The maximum atomic E-state index is 13.2. The van der Waals surface area contributed by atoms with Gasteiger partial charge in [-0.05, 0) is 60.2 Å². The Kier molecular flexibility index (Phi) is 3.94. The number of methoxy groups -OCH3 is 1. The molecule has 0 spiro atoms. The maximum Gasteiger partial charge on any atom is 0.276 e. The average molecular weight is 382 g/mol. The van der Waals surface area contributed by atoms with Gasteiger partial charge in [0, 0.05) is 16.3 Å². The number of halogens is 1. The molecular formula is C21H16ClNO4. The van der Waals surface area contributed by atoms with Crippen molar-refractivity contribution >= 4 is 45.4 Å². The average Bonchev–Trinajstić information content (AvgIpc) is 2.91. The van der Waals surface area contributed by atoms with Crippen molar-refractivity contribution in [2.24, 2.45) is 0 Å². The number of nitrogens with zero attached hydrogens (tertiary/aromatic N) is 1. The van der Waals surface area contributed by atoms with E-state index in [4.69, 9.17) is 16.3 Å². The van der Waals surface area contributed by atoms with Crippen LogP contribution in [-0.2, 0) is 15.2 Å². The molecular weight excluding hydrogens is 366 g/mol. The molecule has 136 valence electrons. The molecule has 6 heteroatoms. The van der Waals surface area contributed by atoms with Gasteiger partial charge in [-0.15, -0.1) is 0 Å². The largest absolute Gasteiger partial charge is 0.497 e. The molecule has 1 atom stereocenters. The van der Waals surface area contributed by atoms with Gasteiger partial charge in [0.15, 0.2) is 5.78 Å². The van der Waals surface area contributed by atoms with Crippen LogP contribution in [0.25, 0.3) is 10.8 Å². The highest BCUT2D eigenvalue weighted by atomic mass is 35.5. The molecule has 27 heavy (non-hydrogen) atoms. The minimum absolute atomic E-state index is 0.270. The Morgan fingerprint density at radius 3 is 2.41 bits per heavy atom. The Morgan fingerprint density at radius 1 is 1.11 bits per heavy atom. The van der Waals surface area contributed by atoms with E-state index in [2.05, 4.69) is 0 Å². The molecule has 1 aliphatic heterocycles. The van der Waals surface area contributed by atoms with Crippen LogP contribution in [0.3, 0.4) is 0 Å². The Labute approximate surface area is 160 Å². The Hall–Kier alpha value is -2.89. The number of hydrogen-bond acceptors (Lipinski definition) is 4. The van der Waals surface area contributed by atoms with Crippen LogP contribution in [0.1, 0.15) is 12.5 Å². The van der Waals surface area contributed by atoms with Gasteiger partial charge in [-0.25, -0.2) is 0 Å². The predicted octanol–water partition coefficient (Wildman–Crippen LogP) is 3.96. The summed E-state index contributed by atoms with van der Waals surface area (Å²) >= 11 is 5.95. The van der Waals surface area contributed by atoms with Crippen LogP contribution in [0.2, 0.25) is 5.02 Å². The molecule has 0 fully saturated rings. The number of aliphatic hydroxyl groups is 1. The molecule has 4 rings (SSSR count). The lowest BCUT2D eigenvalue weighted by molar-refractivity contribution is -0.148. The number of amides is 1. The summed E-state index contributed by atoms with van der Waals surface area (Å²) in [5.74, 6) is -0.776. The van der Waals surface area contributed by atoms with Gasteiger partial charge in [0.05, 0.1) is 12.8 Å². The van der Waals surface area contributed by atoms with E-state index in [0.29, 0.717) is 27.5 Å². The van der Waals surface area contributed by atoms with Crippen molar-refractivity contribution in [3.05, 3.63) is 65.2 Å². The van der Waals surface area contributed by atoms with Crippen molar-refractivity contribution in [1.29, 1.82) is 0 Å². The molecule has 0 unspecified atom stereocenters. The number of Topliss-reactive ketones (excluding diaryl/α,β-unsaturated/α-hetero) is 1. The summed E-state index contributed by atoms with van der Waals surface area (Å²) < 4.78 is 5.28. The van der Waals surface area contributed by atoms with E-state index in [0.717, 1.165) is 5.39 Å². The van der Waals surface area contributed by atoms with E-state index in [9.17, 15) is 14.7 Å². The van der Waals surface area contributed by atoms with Crippen molar-refractivity contribution in [2.45, 2.75) is 12.5 Å². The van der Waals surface area contributed by atoms with Crippen LogP contribution in [-0.4, -0.2) is 23.9 Å². The molecule has 0 bridgehead atoms. The van der Waals surface area contributed by atoms with E-state index in [1.807, 2.05) is 12.1 Å². The van der Waals surface area contributed by atoms with Crippen molar-refractivity contribution in [3.63, 3.8) is 0 Å². The van der Waals surface area contributed by atoms with Crippen LogP contribution in [0.5, 0.6) is 5.75 Å². The second-order valence-corrected chi connectivity index (χ2v) is 6.87. The van der Waals surface area contributed by atoms with Crippen molar-refractivity contribution in [2.75, 3.05) is 12.0 Å². The number of ketones is 1. The topological polar surface area (TPSA) is 66.8 Å². The summed E-state index contributed by atoms with van der Waals surface area (Å²) in [6.07, 6.45) is 0. The quantitative estimate of drug-likeness (QED) is 0.697. The first kappa shape index (κ1) is 17.5. The summed E-state index contributed by atoms with van der Waals surface area (Å²) in [5, 5.41) is 13.1. The van der Waals surface area contributed by atoms with Gasteiger partial charge < -0.3 is 9.84 Å². The monoisotopic (exact) mass is 381 g/mol. The smallest absolute Gasteiger partial charge is 0.276 e. The van der Waals surface area contributed by atoms with Crippen LogP contribution < -0.4 is 9.64 Å². The SMILES string of the molecule is COc1ccc2ccc3c(c2c1)[C@@](O)(C(C)=O)C(=O)N3c1ccc(Cl)cc1. The number of anilines is 2. The molecule has 0 saturated carbocycles. The van der Waals surface area contributed by atoms with Crippen LogP contribution >= 0.6 is 11.6 Å². The number of ether oxygens (including phenoxy) is 1. The molecule has 5 nitrogen and oxygen atoms in total. The number of rotatable bonds is 3. The van der Waals surface area contributed by atoms with Crippen molar-refractivity contribution in [3.8, 4) is 5.75 Å². The molecule has 0 aliphatic carbocycles. The van der Waals surface area contributed by atoms with Gasteiger partial charge in [0.2, 0.25) is 5.60 Å². The van der Waals surface area contributed by atoms with Crippen molar-refractivity contribution in [1.82, 2.24) is 0 Å². The van der Waals surface area contributed by atoms with Crippen LogP contribution in [0.15, 0.2) is 54.6 Å². The minimum Gasteiger partial charge on any atom is -0.497 e. The zero-order valence-electron chi connectivity index (χ0n) is 14.7. The first-order valence-electron chi connectivity index (χ1n) is 8.32. The van der Waals surface area contributed by atoms with Crippen LogP contribution in [0.4, 0.5) is 11.4 Å². The zero-order valence-corrected chi connectivity index (χ0v) is 15.4. The van der Waals surface area contributed by atoms with Gasteiger partial charge in [-0.3, -0.25) is 14.5 Å². The van der Waals surface area contributed by atoms with Gasteiger partial charge in [-0.2, -0.15) is 0 Å². The normalized spacial score (nSPS) is 18.7. The summed E-state index contributed by atoms with van der Waals surface area (Å²) in [6, 6.07) is 15.6. The van der Waals surface area contributed by atoms with E-state index in [-0.39, 0.29) is 5.56 Å². The van der Waals surface area contributed by atoms with Gasteiger partial charge >= 0.3 is 0 Å². The summed E-state index contributed by atoms with van der Waals surface area (Å²) in [5.41, 5.74) is -1.02. The third-order valence-corrected chi connectivity index (χ3v) is 5.17. The maximum absolute atomic E-state index is 13.2. The molecule has 1 heterocycles. The van der Waals surface area contributed by atoms with Gasteiger partial charge in [-0.1, -0.05) is 23.7 Å². The van der Waals surface area contributed by atoms with E-state index >= 15 is 0 Å². The highest BCUT2D eigenvalue weighted by Crippen LogP contribution is 2.48. The standard InChI is InChI=1S/C21H16ClNO4/c1-12(24)21(26)19-17-11-16(27-2)9-3-13(17)4-10-18(19)23(20(21)25)15-7-5-14(22)6-8-15/h3-11,26H,1-2H3/t21-/m0/s1. The molecule has 1 amide bonds. The molecule has 0 radical (unpaired) electrons. The van der Waals surface area contributed by atoms with Gasteiger partial charge in [0.25, 0.3) is 5.91 Å². The number of benzene rings is 3. The van der Waals surface area contributed by atoms with Gasteiger partial charge in [0.1, 0.15) is 5.75 Å². The summed E-state index contributed by atoms with van der Waals surface area (Å²) in [6.45, 7) is 1.21. The van der Waals surface area contributed by atoms with Crippen LogP contribution in [0, 0.1) is 0 Å². The molecule has 1 aliphatic rings. The Morgan fingerprint density at radius 2 is 1.78 bits per heavy atom. The fraction of sp³-hybridized carbons (Fsp3) is 0.143. The predicted molar refractivity (Wildman–Crippen MR) is 104 cm³/mol. The number of carbonyl (C=O) groups is 2. The molecule has 1 N–H and O–H groups in total. The Bertz CT molecular complexity index is 1090. The second kappa shape index (κ2) is 6.08. The fourth-order valence-corrected chi connectivity index (χ4v) is 3.66. The highest BCUT2D eigenvalue weighted by molar-refractivity contribution is 6.31. The molecule has 3 aromatic carbocycles. The summed E-state index contributed by atoms with van der Waals surface area (Å²) in [7, 11) is 1.53. The number of hydrogen-bond donors (Lipinski definition) is 1. The first-order chi connectivity index (χ1) is 12.9. The van der Waals surface area contributed by atoms with E-state index in [1.165, 1.54) is 18.9 Å². The van der Waals surface area contributed by atoms with E-state index < -0.39 is 17.3 Å². The minimum atomic E-state index is -2.26. The number of carbonyl (C=O) groups excluding carboxylic acids is 2. The zero-order chi connectivity index (χ0) is 19.3. The molecule has 0 saturated heterocycles. The summed E-state index contributed by atoms with van der Waals surface area (Å²) in [4.78, 5) is 27.0. The molecule has 3 aromatic rings. The lowest BCUT2D eigenvalue weighted by Crippen LogP contribution is -2.43. The van der Waals surface area contributed by atoms with E-state index in [1.54, 1.807) is 42.5 Å². The second-order valence-electron chi connectivity index (χ2n) is 6.43.